The van der Waals surface area contributed by atoms with E-state index in [-0.39, 0.29) is 24.5 Å². The molecule has 0 rings (SSSR count). The van der Waals surface area contributed by atoms with Crippen LogP contribution in [0.3, 0.4) is 0 Å². The lowest BCUT2D eigenvalue weighted by molar-refractivity contribution is -0.152. The standard InChI is InChI=1S/C13H25NO4/c1-5-8-11(13(16)18-7-3)14(9-6-2)10-12(15)17-4/h11H,5-10H2,1-4H3. The van der Waals surface area contributed by atoms with Crippen molar-refractivity contribution >= 4 is 11.9 Å². The van der Waals surface area contributed by atoms with E-state index in [2.05, 4.69) is 4.74 Å². The first-order valence-corrected chi connectivity index (χ1v) is 6.58. The highest BCUT2D eigenvalue weighted by molar-refractivity contribution is 5.77. The number of methoxy groups -OCH3 is 1. The van der Waals surface area contributed by atoms with E-state index in [1.165, 1.54) is 7.11 Å². The lowest BCUT2D eigenvalue weighted by Gasteiger charge is -2.28. The lowest BCUT2D eigenvalue weighted by Crippen LogP contribution is -2.45. The number of carbonyl (C=O) groups excluding carboxylic acids is 2. The molecule has 0 radical (unpaired) electrons. The highest BCUT2D eigenvalue weighted by atomic mass is 16.5. The van der Waals surface area contributed by atoms with E-state index in [0.717, 1.165) is 12.8 Å². The van der Waals surface area contributed by atoms with E-state index in [9.17, 15) is 9.59 Å². The smallest absolute Gasteiger partial charge is 0.323 e. The average Bonchev–Trinajstić information content (AvgIpc) is 2.35. The maximum Gasteiger partial charge on any atom is 0.323 e. The average molecular weight is 259 g/mol. The van der Waals surface area contributed by atoms with E-state index in [4.69, 9.17) is 4.74 Å². The number of carbonyl (C=O) groups is 2. The van der Waals surface area contributed by atoms with Crippen LogP contribution in [-0.4, -0.2) is 49.7 Å². The molecule has 0 aromatic heterocycles. The van der Waals surface area contributed by atoms with Gasteiger partial charge >= 0.3 is 11.9 Å². The maximum absolute atomic E-state index is 11.9. The van der Waals surface area contributed by atoms with Crippen LogP contribution in [0.15, 0.2) is 0 Å². The second kappa shape index (κ2) is 9.88. The second-order valence-corrected chi connectivity index (χ2v) is 4.10. The van der Waals surface area contributed by atoms with Gasteiger partial charge in [0.25, 0.3) is 0 Å². The van der Waals surface area contributed by atoms with Gasteiger partial charge in [-0.15, -0.1) is 0 Å². The summed E-state index contributed by atoms with van der Waals surface area (Å²) in [7, 11) is 1.35. The van der Waals surface area contributed by atoms with Crippen molar-refractivity contribution in [3.05, 3.63) is 0 Å². The monoisotopic (exact) mass is 259 g/mol. The molecule has 0 saturated heterocycles. The van der Waals surface area contributed by atoms with Crippen LogP contribution in [0.25, 0.3) is 0 Å². The summed E-state index contributed by atoms with van der Waals surface area (Å²) < 4.78 is 9.73. The Hall–Kier alpha value is -1.10. The van der Waals surface area contributed by atoms with Gasteiger partial charge in [0.15, 0.2) is 0 Å². The van der Waals surface area contributed by atoms with Crippen molar-refractivity contribution in [2.45, 2.75) is 46.1 Å². The van der Waals surface area contributed by atoms with Gasteiger partial charge in [0.05, 0.1) is 20.3 Å². The van der Waals surface area contributed by atoms with Gasteiger partial charge in [-0.2, -0.15) is 0 Å². The van der Waals surface area contributed by atoms with Crippen LogP contribution in [0.5, 0.6) is 0 Å². The van der Waals surface area contributed by atoms with Crippen molar-refractivity contribution in [3.8, 4) is 0 Å². The molecule has 0 N–H and O–H groups in total. The normalized spacial score (nSPS) is 12.3. The Kier molecular flexibility index (Phi) is 9.28. The summed E-state index contributed by atoms with van der Waals surface area (Å²) in [6.07, 6.45) is 2.43. The number of hydrogen-bond acceptors (Lipinski definition) is 5. The van der Waals surface area contributed by atoms with Gasteiger partial charge in [-0.3, -0.25) is 14.5 Å². The fourth-order valence-corrected chi connectivity index (χ4v) is 1.82. The summed E-state index contributed by atoms with van der Waals surface area (Å²) in [6, 6.07) is -0.353. The molecule has 5 heteroatoms. The van der Waals surface area contributed by atoms with Gasteiger partial charge in [-0.1, -0.05) is 20.3 Å². The van der Waals surface area contributed by atoms with E-state index < -0.39 is 0 Å². The van der Waals surface area contributed by atoms with Gasteiger partial charge in [0.1, 0.15) is 6.04 Å². The second-order valence-electron chi connectivity index (χ2n) is 4.10. The zero-order valence-corrected chi connectivity index (χ0v) is 11.9. The molecule has 1 atom stereocenters. The Bertz CT molecular complexity index is 255. The van der Waals surface area contributed by atoms with Crippen molar-refractivity contribution < 1.29 is 19.1 Å². The SMILES string of the molecule is CCCC(C(=O)OCC)N(CCC)CC(=O)OC. The highest BCUT2D eigenvalue weighted by Crippen LogP contribution is 2.10. The third-order valence-corrected chi connectivity index (χ3v) is 2.63. The molecule has 106 valence electrons. The maximum atomic E-state index is 11.9. The lowest BCUT2D eigenvalue weighted by atomic mass is 10.1. The Labute approximate surface area is 109 Å². The number of rotatable bonds is 9. The van der Waals surface area contributed by atoms with E-state index >= 15 is 0 Å². The zero-order chi connectivity index (χ0) is 14.0. The van der Waals surface area contributed by atoms with Crippen molar-refractivity contribution in [1.82, 2.24) is 4.90 Å². The van der Waals surface area contributed by atoms with Gasteiger partial charge in [0.2, 0.25) is 0 Å². The Morgan fingerprint density at radius 1 is 1.17 bits per heavy atom. The predicted molar refractivity (Wildman–Crippen MR) is 69.2 cm³/mol. The van der Waals surface area contributed by atoms with Crippen molar-refractivity contribution in [3.63, 3.8) is 0 Å². The number of hydrogen-bond donors (Lipinski definition) is 0. The summed E-state index contributed by atoms with van der Waals surface area (Å²) in [6.45, 7) is 6.97. The van der Waals surface area contributed by atoms with E-state index in [1.54, 1.807) is 6.92 Å². The molecular formula is C13H25NO4. The molecular weight excluding hydrogens is 234 g/mol. The quantitative estimate of drug-likeness (QED) is 0.589. The van der Waals surface area contributed by atoms with Crippen molar-refractivity contribution in [1.29, 1.82) is 0 Å². The van der Waals surface area contributed by atoms with Gasteiger partial charge in [-0.25, -0.2) is 0 Å². The fraction of sp³-hybridized carbons (Fsp3) is 0.846. The molecule has 0 amide bonds. The first kappa shape index (κ1) is 16.9. The molecule has 1 unspecified atom stereocenters. The van der Waals surface area contributed by atoms with Crippen LogP contribution >= 0.6 is 0 Å². The third-order valence-electron chi connectivity index (χ3n) is 2.63. The van der Waals surface area contributed by atoms with Crippen LogP contribution in [0.2, 0.25) is 0 Å². The van der Waals surface area contributed by atoms with E-state index in [0.29, 0.717) is 19.6 Å². The highest BCUT2D eigenvalue weighted by Gasteiger charge is 2.27. The topological polar surface area (TPSA) is 55.8 Å². The third kappa shape index (κ3) is 6.00. The Balaban J connectivity index is 4.73. The minimum absolute atomic E-state index is 0.133. The first-order chi connectivity index (χ1) is 8.60. The van der Waals surface area contributed by atoms with Crippen LogP contribution in [0, 0.1) is 0 Å². The number of ether oxygens (including phenoxy) is 2. The van der Waals surface area contributed by atoms with Crippen LogP contribution < -0.4 is 0 Å². The van der Waals surface area contributed by atoms with Gasteiger partial charge in [-0.05, 0) is 26.3 Å². The van der Waals surface area contributed by atoms with Crippen molar-refractivity contribution in [2.24, 2.45) is 0 Å². The van der Waals surface area contributed by atoms with Gasteiger partial charge < -0.3 is 9.47 Å². The summed E-state index contributed by atoms with van der Waals surface area (Å²) in [4.78, 5) is 25.1. The molecule has 0 saturated carbocycles. The van der Waals surface area contributed by atoms with Crippen LogP contribution in [0.1, 0.15) is 40.0 Å². The van der Waals surface area contributed by atoms with E-state index in [1.807, 2.05) is 18.7 Å². The predicted octanol–water partition coefficient (Wildman–Crippen LogP) is 1.60. The zero-order valence-electron chi connectivity index (χ0n) is 11.9. The van der Waals surface area contributed by atoms with Gasteiger partial charge in [0, 0.05) is 0 Å². The minimum atomic E-state index is -0.353. The number of nitrogens with zero attached hydrogens (tertiary/aromatic N) is 1. The molecule has 0 aliphatic heterocycles. The molecule has 0 bridgehead atoms. The van der Waals surface area contributed by atoms with Crippen LogP contribution in [-0.2, 0) is 19.1 Å². The van der Waals surface area contributed by atoms with Crippen LogP contribution in [0.4, 0.5) is 0 Å². The minimum Gasteiger partial charge on any atom is -0.468 e. The molecule has 0 aliphatic rings. The molecule has 0 spiro atoms. The largest absolute Gasteiger partial charge is 0.468 e. The first-order valence-electron chi connectivity index (χ1n) is 6.58. The molecule has 5 nitrogen and oxygen atoms in total. The summed E-state index contributed by atoms with van der Waals surface area (Å²) in [5.74, 6) is -0.578. The Morgan fingerprint density at radius 2 is 1.83 bits per heavy atom. The molecule has 0 aromatic carbocycles. The molecule has 0 heterocycles. The summed E-state index contributed by atoms with van der Waals surface area (Å²) >= 11 is 0. The van der Waals surface area contributed by atoms with Crippen molar-refractivity contribution in [2.75, 3.05) is 26.8 Å². The molecule has 18 heavy (non-hydrogen) atoms. The Morgan fingerprint density at radius 3 is 2.28 bits per heavy atom. The molecule has 0 aromatic rings. The summed E-state index contributed by atoms with van der Waals surface area (Å²) in [5, 5.41) is 0. The molecule has 0 aliphatic carbocycles. The number of esters is 2. The summed E-state index contributed by atoms with van der Waals surface area (Å²) in [5.41, 5.74) is 0. The fourth-order valence-electron chi connectivity index (χ4n) is 1.82. The molecule has 0 fully saturated rings.